The third kappa shape index (κ3) is 4.20. The number of nitrogens with zero attached hydrogens (tertiary/aromatic N) is 2. The van der Waals surface area contributed by atoms with E-state index < -0.39 is 15.8 Å². The van der Waals surface area contributed by atoms with E-state index in [2.05, 4.69) is 0 Å². The van der Waals surface area contributed by atoms with Gasteiger partial charge in [-0.05, 0) is 12.1 Å². The van der Waals surface area contributed by atoms with Gasteiger partial charge in [0, 0.05) is 45.5 Å². The van der Waals surface area contributed by atoms with Crippen molar-refractivity contribution in [3.63, 3.8) is 0 Å². The standard InChI is InChI=1S/C19H26N2O7S/c1-20(14-18(22)21-7-5-19(6-8-21)27-11-12-28-19)29(23,24)15-3-4-16-17(13-15)26-10-2-9-25-16/h3-4,13H,2,5-12,14H2,1H3. The van der Waals surface area contributed by atoms with Gasteiger partial charge in [0.1, 0.15) is 0 Å². The number of piperidine rings is 1. The zero-order valence-corrected chi connectivity index (χ0v) is 17.3. The van der Waals surface area contributed by atoms with Crippen LogP contribution in [0.15, 0.2) is 23.1 Å². The number of carbonyl (C=O) groups excluding carboxylic acids is 1. The van der Waals surface area contributed by atoms with E-state index in [0.717, 1.165) is 10.7 Å². The largest absolute Gasteiger partial charge is 0.490 e. The second kappa shape index (κ2) is 8.10. The fourth-order valence-electron chi connectivity index (χ4n) is 3.74. The summed E-state index contributed by atoms with van der Waals surface area (Å²) in [6.07, 6.45) is 1.92. The summed E-state index contributed by atoms with van der Waals surface area (Å²) in [5.74, 6) is 0.122. The van der Waals surface area contributed by atoms with Gasteiger partial charge in [0.15, 0.2) is 17.3 Å². The fraction of sp³-hybridized carbons (Fsp3) is 0.632. The maximum Gasteiger partial charge on any atom is 0.243 e. The number of sulfonamides is 1. The molecular formula is C19H26N2O7S. The Labute approximate surface area is 170 Å². The van der Waals surface area contributed by atoms with Crippen LogP contribution >= 0.6 is 0 Å². The molecule has 4 rings (SSSR count). The van der Waals surface area contributed by atoms with E-state index in [1.165, 1.54) is 19.2 Å². The number of benzene rings is 1. The maximum absolute atomic E-state index is 12.9. The lowest BCUT2D eigenvalue weighted by molar-refractivity contribution is -0.187. The number of likely N-dealkylation sites (N-methyl/N-ethyl adjacent to an activating group) is 1. The van der Waals surface area contributed by atoms with Gasteiger partial charge in [-0.25, -0.2) is 8.42 Å². The number of hydrogen-bond donors (Lipinski definition) is 0. The number of likely N-dealkylation sites (tertiary alicyclic amines) is 1. The quantitative estimate of drug-likeness (QED) is 0.704. The molecule has 0 atom stereocenters. The highest BCUT2D eigenvalue weighted by atomic mass is 32.2. The third-order valence-corrected chi connectivity index (χ3v) is 7.28. The smallest absolute Gasteiger partial charge is 0.243 e. The minimum absolute atomic E-state index is 0.0717. The molecule has 0 aliphatic carbocycles. The highest BCUT2D eigenvalue weighted by Gasteiger charge is 2.41. The first-order valence-corrected chi connectivity index (χ1v) is 11.3. The fourth-order valence-corrected chi connectivity index (χ4v) is 4.88. The lowest BCUT2D eigenvalue weighted by atomic mass is 10.0. The Morgan fingerprint density at radius 3 is 2.41 bits per heavy atom. The second-order valence-electron chi connectivity index (χ2n) is 7.41. The Hall–Kier alpha value is -1.88. The van der Waals surface area contributed by atoms with E-state index in [1.807, 2.05) is 0 Å². The van der Waals surface area contributed by atoms with E-state index in [4.69, 9.17) is 18.9 Å². The van der Waals surface area contributed by atoms with Crippen molar-refractivity contribution in [3.05, 3.63) is 18.2 Å². The summed E-state index contributed by atoms with van der Waals surface area (Å²) < 4.78 is 49.4. The van der Waals surface area contributed by atoms with Crippen molar-refractivity contribution in [3.8, 4) is 11.5 Å². The molecule has 1 spiro atoms. The molecule has 3 heterocycles. The van der Waals surface area contributed by atoms with E-state index >= 15 is 0 Å². The molecule has 29 heavy (non-hydrogen) atoms. The Bertz CT molecular complexity index is 857. The SMILES string of the molecule is CN(CC(=O)N1CCC2(CC1)OCCO2)S(=O)(=O)c1ccc2c(c1)OCCCO2. The van der Waals surface area contributed by atoms with Gasteiger partial charge in [-0.3, -0.25) is 4.79 Å². The van der Waals surface area contributed by atoms with Crippen molar-refractivity contribution in [1.29, 1.82) is 0 Å². The van der Waals surface area contributed by atoms with Crippen molar-refractivity contribution in [2.75, 3.05) is 53.1 Å². The van der Waals surface area contributed by atoms with Crippen LogP contribution in [0.3, 0.4) is 0 Å². The van der Waals surface area contributed by atoms with Crippen molar-refractivity contribution >= 4 is 15.9 Å². The first-order valence-electron chi connectivity index (χ1n) is 9.81. The molecule has 0 radical (unpaired) electrons. The van der Waals surface area contributed by atoms with Crippen LogP contribution in [0.1, 0.15) is 19.3 Å². The molecule has 2 fully saturated rings. The number of ether oxygens (including phenoxy) is 4. The predicted molar refractivity (Wildman–Crippen MR) is 102 cm³/mol. The van der Waals surface area contributed by atoms with E-state index in [0.29, 0.717) is 63.9 Å². The first-order chi connectivity index (χ1) is 13.9. The van der Waals surface area contributed by atoms with Crippen molar-refractivity contribution < 1.29 is 32.2 Å². The molecule has 1 amide bonds. The number of fused-ring (bicyclic) bond motifs is 1. The van der Waals surface area contributed by atoms with E-state index in [-0.39, 0.29) is 17.3 Å². The lowest BCUT2D eigenvalue weighted by Crippen LogP contribution is -2.50. The molecule has 3 aliphatic rings. The number of carbonyl (C=O) groups is 1. The molecule has 0 saturated carbocycles. The molecule has 10 heteroatoms. The zero-order chi connectivity index (χ0) is 20.5. The lowest BCUT2D eigenvalue weighted by Gasteiger charge is -2.38. The summed E-state index contributed by atoms with van der Waals surface area (Å²) in [4.78, 5) is 14.4. The van der Waals surface area contributed by atoms with Gasteiger partial charge in [-0.15, -0.1) is 0 Å². The summed E-state index contributed by atoms with van der Waals surface area (Å²) in [5, 5.41) is 0. The summed E-state index contributed by atoms with van der Waals surface area (Å²) in [6.45, 7) is 2.88. The molecular weight excluding hydrogens is 400 g/mol. The first kappa shape index (κ1) is 20.4. The zero-order valence-electron chi connectivity index (χ0n) is 16.5. The summed E-state index contributed by atoms with van der Waals surface area (Å²) in [7, 11) is -2.43. The van der Waals surface area contributed by atoms with Crippen LogP contribution in [-0.4, -0.2) is 82.4 Å². The Morgan fingerprint density at radius 1 is 1.07 bits per heavy atom. The van der Waals surface area contributed by atoms with Gasteiger partial charge in [0.25, 0.3) is 0 Å². The summed E-state index contributed by atoms with van der Waals surface area (Å²) >= 11 is 0. The number of amides is 1. The molecule has 1 aromatic carbocycles. The van der Waals surface area contributed by atoms with E-state index in [9.17, 15) is 13.2 Å². The van der Waals surface area contributed by atoms with Gasteiger partial charge >= 0.3 is 0 Å². The van der Waals surface area contributed by atoms with Gasteiger partial charge in [0.2, 0.25) is 15.9 Å². The van der Waals surface area contributed by atoms with Crippen molar-refractivity contribution in [1.82, 2.24) is 9.21 Å². The molecule has 0 N–H and O–H groups in total. The number of hydrogen-bond acceptors (Lipinski definition) is 7. The van der Waals surface area contributed by atoms with Crippen molar-refractivity contribution in [2.45, 2.75) is 29.9 Å². The molecule has 9 nitrogen and oxygen atoms in total. The van der Waals surface area contributed by atoms with Crippen LogP contribution in [0.25, 0.3) is 0 Å². The normalized spacial score (nSPS) is 21.4. The molecule has 0 unspecified atom stereocenters. The van der Waals surface area contributed by atoms with E-state index in [1.54, 1.807) is 11.0 Å². The minimum atomic E-state index is -3.84. The van der Waals surface area contributed by atoms with Crippen LogP contribution in [0.4, 0.5) is 0 Å². The maximum atomic E-state index is 12.9. The molecule has 0 aromatic heterocycles. The van der Waals surface area contributed by atoms with Crippen LogP contribution in [0, 0.1) is 0 Å². The van der Waals surface area contributed by atoms with Gasteiger partial charge in [-0.1, -0.05) is 0 Å². The Kier molecular flexibility index (Phi) is 5.69. The van der Waals surface area contributed by atoms with Crippen LogP contribution in [-0.2, 0) is 24.3 Å². The van der Waals surface area contributed by atoms with Gasteiger partial charge < -0.3 is 23.8 Å². The second-order valence-corrected chi connectivity index (χ2v) is 9.45. The van der Waals surface area contributed by atoms with Gasteiger partial charge in [-0.2, -0.15) is 4.31 Å². The van der Waals surface area contributed by atoms with Crippen LogP contribution in [0.5, 0.6) is 11.5 Å². The molecule has 1 aromatic rings. The average molecular weight is 426 g/mol. The minimum Gasteiger partial charge on any atom is -0.490 e. The van der Waals surface area contributed by atoms with Crippen LogP contribution < -0.4 is 9.47 Å². The Balaban J connectivity index is 1.40. The van der Waals surface area contributed by atoms with Crippen LogP contribution in [0.2, 0.25) is 0 Å². The molecule has 0 bridgehead atoms. The third-order valence-electron chi connectivity index (χ3n) is 5.48. The molecule has 2 saturated heterocycles. The van der Waals surface area contributed by atoms with Crippen molar-refractivity contribution in [2.24, 2.45) is 0 Å². The predicted octanol–water partition coefficient (Wildman–Crippen LogP) is 0.834. The molecule has 160 valence electrons. The number of rotatable bonds is 4. The monoisotopic (exact) mass is 426 g/mol. The highest BCUT2D eigenvalue weighted by molar-refractivity contribution is 7.89. The summed E-state index contributed by atoms with van der Waals surface area (Å²) in [5.41, 5.74) is 0. The summed E-state index contributed by atoms with van der Waals surface area (Å²) in [6, 6.07) is 4.52. The highest BCUT2D eigenvalue weighted by Crippen LogP contribution is 2.33. The topological polar surface area (TPSA) is 94.6 Å². The average Bonchev–Trinajstić information content (AvgIpc) is 3.03. The Morgan fingerprint density at radius 2 is 1.72 bits per heavy atom. The molecule has 3 aliphatic heterocycles. The van der Waals surface area contributed by atoms with Gasteiger partial charge in [0.05, 0.1) is 37.9 Å².